The zero-order chi connectivity index (χ0) is 21.7. The number of ether oxygens (including phenoxy) is 2. The first kappa shape index (κ1) is 21.2. The Morgan fingerprint density at radius 1 is 1.30 bits per heavy atom. The van der Waals surface area contributed by atoms with Crippen molar-refractivity contribution in [2.24, 2.45) is 0 Å². The van der Waals surface area contributed by atoms with Gasteiger partial charge in [0.1, 0.15) is 18.0 Å². The average molecular weight is 431 g/mol. The summed E-state index contributed by atoms with van der Waals surface area (Å²) in [6.07, 6.45) is 0. The number of nitro groups is 1. The van der Waals surface area contributed by atoms with Crippen LogP contribution in [0.5, 0.6) is 11.5 Å². The molecular weight excluding hydrogens is 413 g/mol. The average Bonchev–Trinajstić information content (AvgIpc) is 3.26. The molecule has 0 bridgehead atoms. The van der Waals surface area contributed by atoms with Crippen molar-refractivity contribution in [3.63, 3.8) is 0 Å². The summed E-state index contributed by atoms with van der Waals surface area (Å²) in [5, 5.41) is 13.4. The number of amides is 1. The number of nitro benzene ring substituents is 1. The van der Waals surface area contributed by atoms with E-state index in [-0.39, 0.29) is 30.2 Å². The number of halogens is 1. The van der Waals surface area contributed by atoms with Gasteiger partial charge in [-0.15, -0.1) is 11.3 Å². The second-order valence-corrected chi connectivity index (χ2v) is 7.02. The molecule has 0 fully saturated rings. The van der Waals surface area contributed by atoms with E-state index < -0.39 is 22.3 Å². The molecule has 1 heterocycles. The molecule has 1 amide bonds. The van der Waals surface area contributed by atoms with Crippen molar-refractivity contribution >= 4 is 22.9 Å². The van der Waals surface area contributed by atoms with E-state index >= 15 is 0 Å². The maximum atomic E-state index is 13.9. The molecule has 156 valence electrons. The van der Waals surface area contributed by atoms with E-state index in [0.29, 0.717) is 11.3 Å². The number of thiazole rings is 1. The predicted octanol–water partition coefficient (Wildman–Crippen LogP) is 4.05. The molecule has 8 nitrogen and oxygen atoms in total. The Kier molecular flexibility index (Phi) is 6.58. The molecule has 0 unspecified atom stereocenters. The number of benzene rings is 2. The van der Waals surface area contributed by atoms with Crippen molar-refractivity contribution in [3.05, 3.63) is 80.0 Å². The third-order valence-electron chi connectivity index (χ3n) is 4.28. The van der Waals surface area contributed by atoms with E-state index in [1.807, 2.05) is 0 Å². The Morgan fingerprint density at radius 3 is 2.70 bits per heavy atom. The summed E-state index contributed by atoms with van der Waals surface area (Å²) in [5.74, 6) is -0.826. The van der Waals surface area contributed by atoms with E-state index in [2.05, 4.69) is 4.98 Å². The predicted molar refractivity (Wildman–Crippen MR) is 108 cm³/mol. The Morgan fingerprint density at radius 2 is 2.07 bits per heavy atom. The summed E-state index contributed by atoms with van der Waals surface area (Å²) >= 11 is 1.40. The molecule has 2 aromatic carbocycles. The highest BCUT2D eigenvalue weighted by Crippen LogP contribution is 2.36. The molecular formula is C20H18FN3O5S. The summed E-state index contributed by atoms with van der Waals surface area (Å²) in [4.78, 5) is 29.1. The van der Waals surface area contributed by atoms with Gasteiger partial charge < -0.3 is 14.4 Å². The molecule has 10 heteroatoms. The number of nitrogens with zero attached hydrogens (tertiary/aromatic N) is 3. The number of hydrogen-bond donors (Lipinski definition) is 0. The quantitative estimate of drug-likeness (QED) is 0.394. The van der Waals surface area contributed by atoms with Crippen LogP contribution in [-0.2, 0) is 13.2 Å². The number of methoxy groups -OCH3 is 1. The number of hydrogen-bond acceptors (Lipinski definition) is 7. The highest BCUT2D eigenvalue weighted by atomic mass is 32.1. The SMILES string of the molecule is COc1cc(C(=O)N(C)Cc2ccccc2F)c([N+](=O)[O-])cc1OCc1cscn1. The molecule has 3 aromatic rings. The largest absolute Gasteiger partial charge is 0.493 e. The van der Waals surface area contributed by atoms with E-state index in [9.17, 15) is 19.3 Å². The fourth-order valence-electron chi connectivity index (χ4n) is 2.76. The molecule has 0 saturated heterocycles. The van der Waals surface area contributed by atoms with Crippen LogP contribution >= 0.6 is 11.3 Å². The molecule has 0 atom stereocenters. The normalized spacial score (nSPS) is 10.5. The van der Waals surface area contributed by atoms with Crippen molar-refractivity contribution in [1.82, 2.24) is 9.88 Å². The number of carbonyl (C=O) groups excluding carboxylic acids is 1. The Bertz CT molecular complexity index is 1060. The van der Waals surface area contributed by atoms with E-state index in [1.165, 1.54) is 42.5 Å². The molecule has 1 aromatic heterocycles. The molecule has 0 aliphatic carbocycles. The van der Waals surface area contributed by atoms with Crippen LogP contribution in [0, 0.1) is 15.9 Å². The Hall–Kier alpha value is -3.53. The van der Waals surface area contributed by atoms with Crippen molar-refractivity contribution in [1.29, 1.82) is 0 Å². The molecule has 0 aliphatic heterocycles. The smallest absolute Gasteiger partial charge is 0.286 e. The lowest BCUT2D eigenvalue weighted by Gasteiger charge is -2.19. The van der Waals surface area contributed by atoms with Crippen LogP contribution in [0.4, 0.5) is 10.1 Å². The van der Waals surface area contributed by atoms with Gasteiger partial charge in [-0.05, 0) is 6.07 Å². The van der Waals surface area contributed by atoms with Gasteiger partial charge in [0, 0.05) is 30.6 Å². The Balaban J connectivity index is 1.89. The third-order valence-corrected chi connectivity index (χ3v) is 4.92. The van der Waals surface area contributed by atoms with Crippen molar-refractivity contribution < 1.29 is 23.6 Å². The van der Waals surface area contributed by atoms with Gasteiger partial charge in [0.25, 0.3) is 11.6 Å². The highest BCUT2D eigenvalue weighted by molar-refractivity contribution is 7.07. The lowest BCUT2D eigenvalue weighted by Crippen LogP contribution is -2.27. The maximum Gasteiger partial charge on any atom is 0.286 e. The van der Waals surface area contributed by atoms with Gasteiger partial charge in [0.2, 0.25) is 0 Å². The topological polar surface area (TPSA) is 94.8 Å². The van der Waals surface area contributed by atoms with Crippen LogP contribution in [-0.4, -0.2) is 34.9 Å². The zero-order valence-corrected chi connectivity index (χ0v) is 17.0. The van der Waals surface area contributed by atoms with Crippen LogP contribution in [0.2, 0.25) is 0 Å². The van der Waals surface area contributed by atoms with Gasteiger partial charge >= 0.3 is 0 Å². The minimum atomic E-state index is -0.667. The third kappa shape index (κ3) is 4.71. The maximum absolute atomic E-state index is 13.9. The van der Waals surface area contributed by atoms with Crippen LogP contribution in [0.1, 0.15) is 21.6 Å². The summed E-state index contributed by atoms with van der Waals surface area (Å²) in [7, 11) is 2.81. The number of aromatic nitrogens is 1. The van der Waals surface area contributed by atoms with Gasteiger partial charge in [0.15, 0.2) is 11.5 Å². The van der Waals surface area contributed by atoms with Crippen molar-refractivity contribution in [3.8, 4) is 11.5 Å². The standard InChI is InChI=1S/C20H18FN3O5S/c1-23(9-13-5-3-4-6-16(13)21)20(25)15-7-18(28-2)19(8-17(15)24(26)27)29-10-14-11-30-12-22-14/h3-8,11-12H,9-10H2,1-2H3. The monoisotopic (exact) mass is 431 g/mol. The first-order valence-corrected chi connectivity index (χ1v) is 9.70. The minimum Gasteiger partial charge on any atom is -0.493 e. The molecule has 0 aliphatic rings. The Labute approximate surface area is 175 Å². The molecule has 3 rings (SSSR count). The van der Waals surface area contributed by atoms with E-state index in [4.69, 9.17) is 9.47 Å². The molecule has 0 radical (unpaired) electrons. The van der Waals surface area contributed by atoms with Gasteiger partial charge in [-0.1, -0.05) is 18.2 Å². The molecule has 0 N–H and O–H groups in total. The van der Waals surface area contributed by atoms with Crippen molar-refractivity contribution in [2.75, 3.05) is 14.2 Å². The molecule has 0 spiro atoms. The fraction of sp³-hybridized carbons (Fsp3) is 0.200. The number of carbonyl (C=O) groups is 1. The van der Waals surface area contributed by atoms with Crippen LogP contribution in [0.25, 0.3) is 0 Å². The molecule has 0 saturated carbocycles. The molecule has 30 heavy (non-hydrogen) atoms. The fourth-order valence-corrected chi connectivity index (χ4v) is 3.31. The van der Waals surface area contributed by atoms with E-state index in [1.54, 1.807) is 29.1 Å². The summed E-state index contributed by atoms with van der Waals surface area (Å²) in [6.45, 7) is 0.0462. The van der Waals surface area contributed by atoms with Gasteiger partial charge in [-0.25, -0.2) is 9.37 Å². The first-order valence-electron chi connectivity index (χ1n) is 8.76. The first-order chi connectivity index (χ1) is 14.4. The summed E-state index contributed by atoms with van der Waals surface area (Å²) in [6, 6.07) is 8.43. The minimum absolute atomic E-state index is 0.0486. The van der Waals surface area contributed by atoms with Crippen molar-refractivity contribution in [2.45, 2.75) is 13.2 Å². The summed E-state index contributed by atoms with van der Waals surface area (Å²) in [5.41, 5.74) is 1.98. The zero-order valence-electron chi connectivity index (χ0n) is 16.2. The van der Waals surface area contributed by atoms with Gasteiger partial charge in [-0.3, -0.25) is 14.9 Å². The highest BCUT2D eigenvalue weighted by Gasteiger charge is 2.27. The van der Waals surface area contributed by atoms with Crippen LogP contribution in [0.3, 0.4) is 0 Å². The second kappa shape index (κ2) is 9.31. The summed E-state index contributed by atoms with van der Waals surface area (Å²) < 4.78 is 24.8. The van der Waals surface area contributed by atoms with Gasteiger partial charge in [0.05, 0.1) is 29.3 Å². The van der Waals surface area contributed by atoms with Crippen LogP contribution < -0.4 is 9.47 Å². The lowest BCUT2D eigenvalue weighted by atomic mass is 10.1. The van der Waals surface area contributed by atoms with E-state index in [0.717, 1.165) is 6.07 Å². The lowest BCUT2D eigenvalue weighted by molar-refractivity contribution is -0.385. The van der Waals surface area contributed by atoms with Gasteiger partial charge in [-0.2, -0.15) is 0 Å². The number of rotatable bonds is 8. The van der Waals surface area contributed by atoms with Crippen LogP contribution in [0.15, 0.2) is 47.3 Å². The second-order valence-electron chi connectivity index (χ2n) is 6.30.